The lowest BCUT2D eigenvalue weighted by Gasteiger charge is -2.16. The fraction of sp³-hybridized carbons (Fsp3) is 0.909. The molecule has 0 aliphatic heterocycles. The zero-order chi connectivity index (χ0) is 10.6. The topological polar surface area (TPSA) is 55.1 Å². The average molecular weight is 198 g/mol. The molecule has 3 N–H and O–H groups in total. The molecule has 0 bridgehead atoms. The van der Waals surface area contributed by atoms with Gasteiger partial charge < -0.3 is 11.1 Å². The molecule has 1 fully saturated rings. The second-order valence-corrected chi connectivity index (χ2v) is 4.40. The summed E-state index contributed by atoms with van der Waals surface area (Å²) in [4.78, 5) is 11.6. The van der Waals surface area contributed by atoms with E-state index >= 15 is 0 Å². The molecule has 0 aromatic carbocycles. The molecule has 82 valence electrons. The van der Waals surface area contributed by atoms with Crippen LogP contribution in [0.15, 0.2) is 0 Å². The summed E-state index contributed by atoms with van der Waals surface area (Å²) in [6.45, 7) is 4.83. The molecule has 14 heavy (non-hydrogen) atoms. The van der Waals surface area contributed by atoms with Gasteiger partial charge in [-0.1, -0.05) is 26.7 Å². The summed E-state index contributed by atoms with van der Waals surface area (Å²) in [6.07, 6.45) is 4.37. The fourth-order valence-electron chi connectivity index (χ4n) is 1.70. The van der Waals surface area contributed by atoms with Gasteiger partial charge in [-0.3, -0.25) is 4.79 Å². The van der Waals surface area contributed by atoms with Crippen molar-refractivity contribution < 1.29 is 4.79 Å². The van der Waals surface area contributed by atoms with Gasteiger partial charge in [0.15, 0.2) is 0 Å². The number of carbonyl (C=O) groups excluding carboxylic acids is 1. The molecule has 0 aromatic heterocycles. The Labute approximate surface area is 86.4 Å². The predicted molar refractivity (Wildman–Crippen MR) is 57.8 cm³/mol. The lowest BCUT2D eigenvalue weighted by molar-refractivity contribution is -0.123. The second-order valence-electron chi connectivity index (χ2n) is 4.40. The number of unbranched alkanes of at least 4 members (excludes halogenated alkanes) is 1. The van der Waals surface area contributed by atoms with Gasteiger partial charge in [-0.05, 0) is 18.8 Å². The van der Waals surface area contributed by atoms with Crippen LogP contribution in [0.2, 0.25) is 0 Å². The van der Waals surface area contributed by atoms with E-state index in [2.05, 4.69) is 19.2 Å². The Bertz CT molecular complexity index is 194. The first kappa shape index (κ1) is 11.5. The molecule has 0 aromatic rings. The highest BCUT2D eigenvalue weighted by atomic mass is 16.2. The lowest BCUT2D eigenvalue weighted by Crippen LogP contribution is -2.41. The van der Waals surface area contributed by atoms with Gasteiger partial charge in [-0.2, -0.15) is 0 Å². The molecule has 3 unspecified atom stereocenters. The van der Waals surface area contributed by atoms with E-state index in [1.54, 1.807) is 0 Å². The Kier molecular flexibility index (Phi) is 4.39. The normalized spacial score (nSPS) is 27.1. The number of rotatable bonds is 6. The first-order valence-corrected chi connectivity index (χ1v) is 5.69. The largest absolute Gasteiger partial charge is 0.352 e. The van der Waals surface area contributed by atoms with E-state index in [-0.39, 0.29) is 17.9 Å². The van der Waals surface area contributed by atoms with Crippen molar-refractivity contribution in [2.75, 3.05) is 6.54 Å². The van der Waals surface area contributed by atoms with Crippen molar-refractivity contribution in [3.05, 3.63) is 0 Å². The van der Waals surface area contributed by atoms with Crippen LogP contribution in [0.4, 0.5) is 0 Å². The van der Waals surface area contributed by atoms with Crippen LogP contribution in [-0.2, 0) is 4.79 Å². The summed E-state index contributed by atoms with van der Waals surface area (Å²) in [5.74, 6) is 1.06. The summed E-state index contributed by atoms with van der Waals surface area (Å²) in [7, 11) is 0. The first-order chi connectivity index (χ1) is 6.69. The minimum Gasteiger partial charge on any atom is -0.352 e. The van der Waals surface area contributed by atoms with E-state index in [1.165, 1.54) is 0 Å². The molecule has 3 nitrogen and oxygen atoms in total. The maximum Gasteiger partial charge on any atom is 0.223 e. The zero-order valence-corrected chi connectivity index (χ0v) is 9.25. The van der Waals surface area contributed by atoms with Crippen LogP contribution in [0.3, 0.4) is 0 Å². The minimum absolute atomic E-state index is 0.190. The Morgan fingerprint density at radius 2 is 2.29 bits per heavy atom. The molecule has 3 heteroatoms. The van der Waals surface area contributed by atoms with Gasteiger partial charge in [-0.25, -0.2) is 0 Å². The van der Waals surface area contributed by atoms with Crippen LogP contribution in [0, 0.1) is 11.8 Å². The monoisotopic (exact) mass is 198 g/mol. The van der Waals surface area contributed by atoms with Crippen LogP contribution < -0.4 is 11.1 Å². The van der Waals surface area contributed by atoms with Crippen molar-refractivity contribution in [2.24, 2.45) is 17.6 Å². The van der Waals surface area contributed by atoms with Crippen molar-refractivity contribution in [1.29, 1.82) is 0 Å². The molecule has 0 saturated heterocycles. The molecule has 0 spiro atoms. The second kappa shape index (κ2) is 5.35. The number of hydrogen-bond donors (Lipinski definition) is 2. The van der Waals surface area contributed by atoms with Crippen LogP contribution >= 0.6 is 0 Å². The average Bonchev–Trinajstić information content (AvgIpc) is 2.89. The standard InChI is InChI=1S/C11H22N2O/c1-3-4-5-9(7-12)13-11(14)10-6-8(10)2/h8-10H,3-7,12H2,1-2H3,(H,13,14). The Morgan fingerprint density at radius 1 is 1.64 bits per heavy atom. The van der Waals surface area contributed by atoms with E-state index in [4.69, 9.17) is 5.73 Å². The van der Waals surface area contributed by atoms with Crippen molar-refractivity contribution in [1.82, 2.24) is 5.32 Å². The third-order valence-electron chi connectivity index (χ3n) is 2.98. The van der Waals surface area contributed by atoms with Gasteiger partial charge >= 0.3 is 0 Å². The number of nitrogens with two attached hydrogens (primary N) is 1. The molecular weight excluding hydrogens is 176 g/mol. The van der Waals surface area contributed by atoms with E-state index in [1.807, 2.05) is 0 Å². The number of carbonyl (C=O) groups is 1. The maximum atomic E-state index is 11.6. The minimum atomic E-state index is 0.190. The first-order valence-electron chi connectivity index (χ1n) is 5.69. The molecule has 3 atom stereocenters. The van der Waals surface area contributed by atoms with Gasteiger partial charge in [0.1, 0.15) is 0 Å². The number of amides is 1. The molecule has 1 rings (SSSR count). The number of hydrogen-bond acceptors (Lipinski definition) is 2. The highest BCUT2D eigenvalue weighted by molar-refractivity contribution is 5.81. The Morgan fingerprint density at radius 3 is 2.71 bits per heavy atom. The highest BCUT2D eigenvalue weighted by Crippen LogP contribution is 2.37. The molecule has 0 heterocycles. The van der Waals surface area contributed by atoms with Crippen molar-refractivity contribution >= 4 is 5.91 Å². The van der Waals surface area contributed by atoms with Crippen molar-refractivity contribution in [2.45, 2.75) is 45.6 Å². The van der Waals surface area contributed by atoms with Gasteiger partial charge in [0.05, 0.1) is 0 Å². The molecule has 1 amide bonds. The third kappa shape index (κ3) is 3.29. The third-order valence-corrected chi connectivity index (χ3v) is 2.98. The van der Waals surface area contributed by atoms with Gasteiger partial charge in [0.2, 0.25) is 5.91 Å². The van der Waals surface area contributed by atoms with Gasteiger partial charge in [0, 0.05) is 18.5 Å². The maximum absolute atomic E-state index is 11.6. The SMILES string of the molecule is CCCCC(CN)NC(=O)C1CC1C. The molecule has 1 aliphatic carbocycles. The van der Waals surface area contributed by atoms with Crippen LogP contribution in [0.25, 0.3) is 0 Å². The molecule has 1 aliphatic rings. The molecule has 1 saturated carbocycles. The quantitative estimate of drug-likeness (QED) is 0.675. The zero-order valence-electron chi connectivity index (χ0n) is 9.25. The Hall–Kier alpha value is -0.570. The van der Waals surface area contributed by atoms with Crippen LogP contribution in [0.1, 0.15) is 39.5 Å². The van der Waals surface area contributed by atoms with E-state index in [0.717, 1.165) is 25.7 Å². The van der Waals surface area contributed by atoms with Gasteiger partial charge in [-0.15, -0.1) is 0 Å². The van der Waals surface area contributed by atoms with E-state index in [9.17, 15) is 4.79 Å². The number of nitrogens with one attached hydrogen (secondary N) is 1. The lowest BCUT2D eigenvalue weighted by atomic mass is 10.1. The predicted octanol–water partition coefficient (Wildman–Crippen LogP) is 1.28. The summed E-state index contributed by atoms with van der Waals surface area (Å²) in [5.41, 5.74) is 5.60. The van der Waals surface area contributed by atoms with Crippen LogP contribution in [0.5, 0.6) is 0 Å². The summed E-state index contributed by atoms with van der Waals surface area (Å²) in [5, 5.41) is 3.03. The summed E-state index contributed by atoms with van der Waals surface area (Å²) < 4.78 is 0. The summed E-state index contributed by atoms with van der Waals surface area (Å²) >= 11 is 0. The van der Waals surface area contributed by atoms with Crippen molar-refractivity contribution in [3.8, 4) is 0 Å². The van der Waals surface area contributed by atoms with Crippen molar-refractivity contribution in [3.63, 3.8) is 0 Å². The van der Waals surface area contributed by atoms with E-state index < -0.39 is 0 Å². The van der Waals surface area contributed by atoms with Gasteiger partial charge in [0.25, 0.3) is 0 Å². The van der Waals surface area contributed by atoms with E-state index in [0.29, 0.717) is 12.5 Å². The van der Waals surface area contributed by atoms with Crippen LogP contribution in [-0.4, -0.2) is 18.5 Å². The smallest absolute Gasteiger partial charge is 0.223 e. The summed E-state index contributed by atoms with van der Waals surface area (Å²) in [6, 6.07) is 0.190. The molecular formula is C11H22N2O. The Balaban J connectivity index is 2.21. The fourth-order valence-corrected chi connectivity index (χ4v) is 1.70. The highest BCUT2D eigenvalue weighted by Gasteiger charge is 2.39. The molecule has 0 radical (unpaired) electrons.